The lowest BCUT2D eigenvalue weighted by molar-refractivity contribution is -0.142. The van der Waals surface area contributed by atoms with Crippen molar-refractivity contribution in [2.24, 2.45) is 34.4 Å². The highest BCUT2D eigenvalue weighted by atomic mass is 16.4. The largest absolute Gasteiger partial charge is 0.480 e. The lowest BCUT2D eigenvalue weighted by atomic mass is 10.0. The Morgan fingerprint density at radius 1 is 0.413 bits per heavy atom. The van der Waals surface area contributed by atoms with Gasteiger partial charge in [0.05, 0.1) is 6.04 Å². The molecule has 0 aliphatic rings. The van der Waals surface area contributed by atoms with Gasteiger partial charge in [-0.3, -0.25) is 19.2 Å². The summed E-state index contributed by atoms with van der Waals surface area (Å²) in [6.07, 6.45) is 7.21. The second-order valence-corrected chi connectivity index (χ2v) is 11.6. The quantitative estimate of drug-likeness (QED) is 0.0388. The molecule has 0 aromatic rings. The van der Waals surface area contributed by atoms with Gasteiger partial charge in [0, 0.05) is 0 Å². The van der Waals surface area contributed by atoms with Crippen LogP contribution < -0.4 is 55.7 Å². The molecule has 0 heterocycles. The number of aliphatic carboxylic acids is 1. The van der Waals surface area contributed by atoms with Crippen molar-refractivity contribution in [2.45, 2.75) is 127 Å². The molecular formula is C30H62N10O6. The Morgan fingerprint density at radius 2 is 0.674 bits per heavy atom. The number of carboxylic acid groups (broad SMARTS) is 1. The summed E-state index contributed by atoms with van der Waals surface area (Å²) in [5.74, 6) is -3.49. The monoisotopic (exact) mass is 658 g/mol. The predicted molar refractivity (Wildman–Crippen MR) is 178 cm³/mol. The number of carboxylic acids is 1. The van der Waals surface area contributed by atoms with Gasteiger partial charge in [-0.25, -0.2) is 4.79 Å². The van der Waals surface area contributed by atoms with Gasteiger partial charge < -0.3 is 60.8 Å². The fraction of sp³-hybridized carbons (Fsp3) is 0.833. The van der Waals surface area contributed by atoms with E-state index in [0.29, 0.717) is 96.9 Å². The Kier molecular flexibility index (Phi) is 25.5. The first kappa shape index (κ1) is 43.1. The molecule has 0 aromatic heterocycles. The van der Waals surface area contributed by atoms with E-state index in [9.17, 15) is 29.1 Å². The molecule has 0 fully saturated rings. The number of hydrogen-bond acceptors (Lipinski definition) is 11. The van der Waals surface area contributed by atoms with E-state index in [0.717, 1.165) is 6.42 Å². The van der Waals surface area contributed by atoms with E-state index in [4.69, 9.17) is 34.4 Å². The lowest BCUT2D eigenvalue weighted by Crippen LogP contribution is -2.58. The molecular weight excluding hydrogens is 596 g/mol. The minimum atomic E-state index is -1.19. The number of amides is 4. The molecule has 0 aliphatic carbocycles. The van der Waals surface area contributed by atoms with Crippen LogP contribution in [0.4, 0.5) is 0 Å². The Labute approximate surface area is 273 Å². The predicted octanol–water partition coefficient (Wildman–Crippen LogP) is -2.02. The first-order valence-corrected chi connectivity index (χ1v) is 16.8. The minimum absolute atomic E-state index is 0.188. The standard InChI is InChI=1S/C30H62N10O6/c31-16-6-1-11-21(36)26(41)37-22(12-2-7-17-32)27(42)38-23(13-3-8-18-33)28(43)39-24(14-4-9-19-34)29(44)40-25(30(45)46)15-5-10-20-35/h21-25H,1-20,31-36H2,(H,37,41)(H,38,42)(H,39,43)(H,40,44)(H,45,46)/t21-,22+,23+,24+,25-/m0/s1. The molecule has 0 radical (unpaired) electrons. The molecule has 0 aromatic carbocycles. The van der Waals surface area contributed by atoms with Gasteiger partial charge in [0.1, 0.15) is 24.2 Å². The zero-order valence-electron chi connectivity index (χ0n) is 27.5. The zero-order valence-corrected chi connectivity index (χ0v) is 27.5. The number of nitrogens with one attached hydrogen (secondary N) is 4. The molecule has 16 nitrogen and oxygen atoms in total. The average molecular weight is 659 g/mol. The van der Waals surface area contributed by atoms with E-state index >= 15 is 0 Å². The van der Waals surface area contributed by atoms with Gasteiger partial charge in [-0.2, -0.15) is 0 Å². The van der Waals surface area contributed by atoms with Crippen LogP contribution in [-0.4, -0.2) is 97.6 Å². The summed E-state index contributed by atoms with van der Waals surface area (Å²) >= 11 is 0. The van der Waals surface area contributed by atoms with Gasteiger partial charge >= 0.3 is 5.97 Å². The molecule has 268 valence electrons. The van der Waals surface area contributed by atoms with Crippen molar-refractivity contribution in [3.8, 4) is 0 Å². The van der Waals surface area contributed by atoms with E-state index in [2.05, 4.69) is 21.3 Å². The first-order chi connectivity index (χ1) is 22.1. The van der Waals surface area contributed by atoms with Crippen LogP contribution in [0.15, 0.2) is 0 Å². The molecule has 5 atom stereocenters. The molecule has 4 amide bonds. The highest BCUT2D eigenvalue weighted by Crippen LogP contribution is 2.09. The van der Waals surface area contributed by atoms with E-state index in [1.165, 1.54) is 0 Å². The summed E-state index contributed by atoms with van der Waals surface area (Å²) in [6, 6.07) is -5.03. The second kappa shape index (κ2) is 27.2. The van der Waals surface area contributed by atoms with Gasteiger partial charge in [-0.15, -0.1) is 0 Å². The molecule has 16 heteroatoms. The van der Waals surface area contributed by atoms with Gasteiger partial charge in [0.25, 0.3) is 0 Å². The molecule has 0 saturated carbocycles. The van der Waals surface area contributed by atoms with Crippen LogP contribution in [0.1, 0.15) is 96.3 Å². The normalized spacial score (nSPS) is 14.4. The number of rotatable bonds is 29. The molecule has 46 heavy (non-hydrogen) atoms. The smallest absolute Gasteiger partial charge is 0.326 e. The summed E-state index contributed by atoms with van der Waals surface area (Å²) in [5.41, 5.74) is 34.0. The van der Waals surface area contributed by atoms with Crippen LogP contribution in [0.25, 0.3) is 0 Å². The molecule has 0 bridgehead atoms. The Bertz CT molecular complexity index is 881. The minimum Gasteiger partial charge on any atom is -0.480 e. The molecule has 0 spiro atoms. The topological polar surface area (TPSA) is 310 Å². The van der Waals surface area contributed by atoms with Crippen molar-refractivity contribution >= 4 is 29.6 Å². The number of carbonyl (C=O) groups is 5. The summed E-state index contributed by atoms with van der Waals surface area (Å²) in [6.45, 7) is 2.05. The van der Waals surface area contributed by atoms with Gasteiger partial charge in [0.2, 0.25) is 23.6 Å². The van der Waals surface area contributed by atoms with Crippen LogP contribution in [0, 0.1) is 0 Å². The number of unbranched alkanes of at least 4 members (excludes halogenated alkanes) is 5. The summed E-state index contributed by atoms with van der Waals surface area (Å²) in [5, 5.41) is 20.3. The first-order valence-electron chi connectivity index (χ1n) is 16.8. The van der Waals surface area contributed by atoms with Crippen LogP contribution in [-0.2, 0) is 24.0 Å². The second-order valence-electron chi connectivity index (χ2n) is 11.6. The number of nitrogens with two attached hydrogens (primary N) is 6. The van der Waals surface area contributed by atoms with Gasteiger partial charge in [-0.1, -0.05) is 6.42 Å². The highest BCUT2D eigenvalue weighted by molar-refractivity contribution is 5.95. The van der Waals surface area contributed by atoms with Crippen LogP contribution in [0.2, 0.25) is 0 Å². The van der Waals surface area contributed by atoms with E-state index in [1.807, 2.05) is 0 Å². The van der Waals surface area contributed by atoms with E-state index < -0.39 is 59.8 Å². The van der Waals surface area contributed by atoms with Gasteiger partial charge in [0.15, 0.2) is 0 Å². The average Bonchev–Trinajstić information content (AvgIpc) is 3.02. The Balaban J connectivity index is 5.87. The third kappa shape index (κ3) is 19.6. The Hall–Kier alpha value is -2.89. The SMILES string of the molecule is NCCCC[C@H](NC(=O)[C@@H](CCCCN)NC(=O)[C@@H](CCCCN)NC(=O)[C@@H](CCCCN)NC(=O)[C@@H](N)CCCCN)C(=O)O. The van der Waals surface area contributed by atoms with Crippen molar-refractivity contribution in [1.29, 1.82) is 0 Å². The maximum atomic E-state index is 13.6. The molecule has 0 rings (SSSR count). The van der Waals surface area contributed by atoms with Crippen molar-refractivity contribution in [2.75, 3.05) is 32.7 Å². The zero-order chi connectivity index (χ0) is 34.7. The maximum absolute atomic E-state index is 13.6. The number of hydrogen-bond donors (Lipinski definition) is 11. The molecule has 0 unspecified atom stereocenters. The van der Waals surface area contributed by atoms with Crippen molar-refractivity contribution in [3.05, 3.63) is 0 Å². The third-order valence-electron chi connectivity index (χ3n) is 7.61. The number of carbonyl (C=O) groups excluding carboxylic acids is 4. The third-order valence-corrected chi connectivity index (χ3v) is 7.61. The summed E-state index contributed by atoms with van der Waals surface area (Å²) < 4.78 is 0. The maximum Gasteiger partial charge on any atom is 0.326 e. The molecule has 0 saturated heterocycles. The fourth-order valence-corrected chi connectivity index (χ4v) is 4.77. The van der Waals surface area contributed by atoms with E-state index in [-0.39, 0.29) is 25.7 Å². The summed E-state index contributed by atoms with van der Waals surface area (Å²) in [7, 11) is 0. The van der Waals surface area contributed by atoms with Crippen LogP contribution in [0.5, 0.6) is 0 Å². The lowest BCUT2D eigenvalue weighted by Gasteiger charge is -2.26. The summed E-state index contributed by atoms with van der Waals surface area (Å²) in [4.78, 5) is 64.9. The molecule has 17 N–H and O–H groups in total. The van der Waals surface area contributed by atoms with Gasteiger partial charge in [-0.05, 0) is 123 Å². The van der Waals surface area contributed by atoms with Crippen molar-refractivity contribution in [3.63, 3.8) is 0 Å². The molecule has 0 aliphatic heterocycles. The van der Waals surface area contributed by atoms with Crippen molar-refractivity contribution in [1.82, 2.24) is 21.3 Å². The Morgan fingerprint density at radius 3 is 0.978 bits per heavy atom. The fourth-order valence-electron chi connectivity index (χ4n) is 4.77. The highest BCUT2D eigenvalue weighted by Gasteiger charge is 2.31. The van der Waals surface area contributed by atoms with Crippen LogP contribution >= 0.6 is 0 Å². The van der Waals surface area contributed by atoms with Crippen LogP contribution in [0.3, 0.4) is 0 Å². The van der Waals surface area contributed by atoms with E-state index in [1.54, 1.807) is 0 Å². The van der Waals surface area contributed by atoms with Crippen molar-refractivity contribution < 1.29 is 29.1 Å².